The summed E-state index contributed by atoms with van der Waals surface area (Å²) in [6, 6.07) is 19.1. The number of nitrogens with one attached hydrogen (secondary N) is 2. The maximum Gasteiger partial charge on any atom is 0.261 e. The van der Waals surface area contributed by atoms with Crippen LogP contribution < -0.4 is 15.6 Å². The maximum absolute atomic E-state index is 13.0. The van der Waals surface area contributed by atoms with Crippen LogP contribution in [0.1, 0.15) is 23.0 Å². The Bertz CT molecular complexity index is 1320. The van der Waals surface area contributed by atoms with Crippen LogP contribution in [-0.4, -0.2) is 20.9 Å². The molecule has 0 saturated heterocycles. The van der Waals surface area contributed by atoms with E-state index in [1.807, 2.05) is 25.1 Å². The Kier molecular flexibility index (Phi) is 6.42. The molecule has 0 spiro atoms. The summed E-state index contributed by atoms with van der Waals surface area (Å²) in [6.07, 6.45) is 2.21. The molecule has 0 radical (unpaired) electrons. The Morgan fingerprint density at radius 3 is 2.69 bits per heavy atom. The van der Waals surface area contributed by atoms with Gasteiger partial charge in [-0.25, -0.2) is 9.97 Å². The van der Waals surface area contributed by atoms with Gasteiger partial charge in [0.05, 0.1) is 0 Å². The second kappa shape index (κ2) is 9.57. The van der Waals surface area contributed by atoms with Gasteiger partial charge in [0.2, 0.25) is 5.88 Å². The summed E-state index contributed by atoms with van der Waals surface area (Å²) >= 11 is 3.38. The van der Waals surface area contributed by atoms with Gasteiger partial charge in [0.25, 0.3) is 11.5 Å². The molecule has 4 rings (SSSR count). The minimum Gasteiger partial charge on any atom is -0.438 e. The summed E-state index contributed by atoms with van der Waals surface area (Å²) < 4.78 is 6.73. The number of nitrogens with zero attached hydrogens (tertiary/aromatic N) is 2. The number of amides is 1. The van der Waals surface area contributed by atoms with Crippen LogP contribution in [0.25, 0.3) is 11.4 Å². The minimum absolute atomic E-state index is 0.199. The Morgan fingerprint density at radius 2 is 1.91 bits per heavy atom. The van der Waals surface area contributed by atoms with Crippen LogP contribution in [0.15, 0.2) is 82.2 Å². The Balaban J connectivity index is 1.58. The first-order chi connectivity index (χ1) is 15.5. The Hall–Kier alpha value is -3.78. The number of benzene rings is 2. The number of hydrogen-bond acceptors (Lipinski definition) is 5. The number of anilines is 1. The van der Waals surface area contributed by atoms with Gasteiger partial charge in [-0.3, -0.25) is 9.59 Å². The number of halogens is 1. The third-order valence-electron chi connectivity index (χ3n) is 4.59. The third kappa shape index (κ3) is 5.09. The molecule has 2 aromatic carbocycles. The predicted molar refractivity (Wildman–Crippen MR) is 126 cm³/mol. The zero-order valence-electron chi connectivity index (χ0n) is 17.1. The zero-order chi connectivity index (χ0) is 22.5. The fourth-order valence-corrected chi connectivity index (χ4v) is 3.29. The molecule has 0 saturated carbocycles. The molecule has 1 amide bonds. The molecule has 8 heteroatoms. The molecular weight excluding hydrogens is 472 g/mol. The Labute approximate surface area is 192 Å². The molecule has 0 aliphatic heterocycles. The van der Waals surface area contributed by atoms with E-state index in [9.17, 15) is 9.59 Å². The summed E-state index contributed by atoms with van der Waals surface area (Å²) in [5.74, 6) is 0.844. The third-order valence-corrected chi connectivity index (χ3v) is 5.12. The fourth-order valence-electron chi connectivity index (χ4n) is 3.03. The smallest absolute Gasteiger partial charge is 0.261 e. The van der Waals surface area contributed by atoms with Crippen molar-refractivity contribution in [2.24, 2.45) is 0 Å². The van der Waals surface area contributed by atoms with Crippen molar-refractivity contribution in [2.75, 3.05) is 5.32 Å². The number of pyridine rings is 1. The lowest BCUT2D eigenvalue weighted by atomic mass is 10.1. The van der Waals surface area contributed by atoms with E-state index < -0.39 is 0 Å². The van der Waals surface area contributed by atoms with Gasteiger partial charge < -0.3 is 15.0 Å². The number of rotatable bonds is 6. The first kappa shape index (κ1) is 21.5. The first-order valence-corrected chi connectivity index (χ1v) is 10.7. The normalized spacial score (nSPS) is 10.6. The highest BCUT2D eigenvalue weighted by atomic mass is 79.9. The van der Waals surface area contributed by atoms with Crippen molar-refractivity contribution in [3.63, 3.8) is 0 Å². The van der Waals surface area contributed by atoms with Crippen LogP contribution in [0.5, 0.6) is 11.6 Å². The van der Waals surface area contributed by atoms with E-state index in [-0.39, 0.29) is 17.3 Å². The maximum atomic E-state index is 13.0. The average molecular weight is 491 g/mol. The van der Waals surface area contributed by atoms with Gasteiger partial charge in [-0.15, -0.1) is 0 Å². The highest BCUT2D eigenvalue weighted by molar-refractivity contribution is 9.10. The van der Waals surface area contributed by atoms with Crippen LogP contribution in [0, 0.1) is 0 Å². The standard InChI is InChI=1S/C24H19BrN4O3/c1-2-17-14-21(30)29-22(27-17)15-5-3-6-18(13-15)28-23(31)20-7-4-12-26-24(20)32-19-10-8-16(25)9-11-19/h3-14H,2H2,1H3,(H,28,31)(H,27,29,30). The van der Waals surface area contributed by atoms with Crippen molar-refractivity contribution in [1.82, 2.24) is 15.0 Å². The molecule has 0 unspecified atom stereocenters. The van der Waals surface area contributed by atoms with Crippen LogP contribution >= 0.6 is 15.9 Å². The lowest BCUT2D eigenvalue weighted by Gasteiger charge is -2.11. The zero-order valence-corrected chi connectivity index (χ0v) is 18.7. The quantitative estimate of drug-likeness (QED) is 0.387. The largest absolute Gasteiger partial charge is 0.438 e. The molecule has 2 heterocycles. The van der Waals surface area contributed by atoms with E-state index >= 15 is 0 Å². The van der Waals surface area contributed by atoms with Gasteiger partial charge in [-0.1, -0.05) is 35.0 Å². The lowest BCUT2D eigenvalue weighted by molar-refractivity contribution is 0.102. The topological polar surface area (TPSA) is 97.0 Å². The van der Waals surface area contributed by atoms with Crippen molar-refractivity contribution < 1.29 is 9.53 Å². The fraction of sp³-hybridized carbons (Fsp3) is 0.0833. The highest BCUT2D eigenvalue weighted by Gasteiger charge is 2.15. The van der Waals surface area contributed by atoms with E-state index in [4.69, 9.17) is 4.74 Å². The molecule has 0 atom stereocenters. The van der Waals surface area contributed by atoms with Gasteiger partial charge in [0.1, 0.15) is 17.1 Å². The Morgan fingerprint density at radius 1 is 1.09 bits per heavy atom. The molecule has 0 aliphatic carbocycles. The van der Waals surface area contributed by atoms with E-state index in [1.165, 1.54) is 6.07 Å². The van der Waals surface area contributed by atoms with Gasteiger partial charge in [-0.2, -0.15) is 0 Å². The van der Waals surface area contributed by atoms with Gasteiger partial charge in [0.15, 0.2) is 0 Å². The summed E-state index contributed by atoms with van der Waals surface area (Å²) in [5.41, 5.74) is 2.01. The molecule has 0 aliphatic rings. The molecule has 4 aromatic rings. The number of aryl methyl sites for hydroxylation is 1. The van der Waals surface area contributed by atoms with Crippen LogP contribution in [0.3, 0.4) is 0 Å². The molecule has 7 nitrogen and oxygen atoms in total. The van der Waals surface area contributed by atoms with Crippen LogP contribution in [0.4, 0.5) is 5.69 Å². The van der Waals surface area contributed by atoms with Crippen LogP contribution in [-0.2, 0) is 6.42 Å². The van der Waals surface area contributed by atoms with Gasteiger partial charge >= 0.3 is 0 Å². The van der Waals surface area contributed by atoms with E-state index in [1.54, 1.807) is 48.7 Å². The number of carbonyl (C=O) groups is 1. The van der Waals surface area contributed by atoms with Crippen molar-refractivity contribution >= 4 is 27.5 Å². The molecule has 32 heavy (non-hydrogen) atoms. The second-order valence-corrected chi connectivity index (χ2v) is 7.80. The monoisotopic (exact) mass is 490 g/mol. The molecule has 2 aromatic heterocycles. The minimum atomic E-state index is -0.369. The van der Waals surface area contributed by atoms with Crippen LogP contribution in [0.2, 0.25) is 0 Å². The highest BCUT2D eigenvalue weighted by Crippen LogP contribution is 2.26. The predicted octanol–water partition coefficient (Wildman–Crippen LogP) is 5.20. The summed E-state index contributed by atoms with van der Waals surface area (Å²) in [7, 11) is 0. The van der Waals surface area contributed by atoms with Crippen molar-refractivity contribution in [3.8, 4) is 23.0 Å². The lowest BCUT2D eigenvalue weighted by Crippen LogP contribution is -2.14. The molecule has 2 N–H and O–H groups in total. The SMILES string of the molecule is CCc1cc(=O)[nH]c(-c2cccc(NC(=O)c3cccnc3Oc3ccc(Br)cc3)c2)n1. The van der Waals surface area contributed by atoms with E-state index in [0.717, 1.165) is 4.47 Å². The van der Waals surface area contributed by atoms with Gasteiger partial charge in [-0.05, 0) is 55.0 Å². The number of aromatic amines is 1. The van der Waals surface area contributed by atoms with Crippen molar-refractivity contribution in [1.29, 1.82) is 0 Å². The van der Waals surface area contributed by atoms with E-state index in [0.29, 0.717) is 40.5 Å². The van der Waals surface area contributed by atoms with Crippen molar-refractivity contribution in [2.45, 2.75) is 13.3 Å². The van der Waals surface area contributed by atoms with Gasteiger partial charge in [0, 0.05) is 33.7 Å². The molecule has 160 valence electrons. The number of H-pyrrole nitrogens is 1. The average Bonchev–Trinajstić information content (AvgIpc) is 2.80. The molecular formula is C24H19BrN4O3. The number of aromatic nitrogens is 3. The summed E-state index contributed by atoms with van der Waals surface area (Å²) in [5, 5.41) is 2.86. The van der Waals surface area contributed by atoms with E-state index in [2.05, 4.69) is 36.2 Å². The van der Waals surface area contributed by atoms with Crippen molar-refractivity contribution in [3.05, 3.63) is 99.0 Å². The molecule has 0 fully saturated rings. The molecule has 0 bridgehead atoms. The second-order valence-electron chi connectivity index (χ2n) is 6.89. The number of ether oxygens (including phenoxy) is 1. The number of hydrogen-bond donors (Lipinski definition) is 2. The summed E-state index contributed by atoms with van der Waals surface area (Å²) in [6.45, 7) is 1.93. The number of carbonyl (C=O) groups excluding carboxylic acids is 1. The summed E-state index contributed by atoms with van der Waals surface area (Å²) in [4.78, 5) is 36.3. The first-order valence-electron chi connectivity index (χ1n) is 9.92.